The molecule has 1 aromatic carbocycles. The van der Waals surface area contributed by atoms with Crippen molar-refractivity contribution in [3.63, 3.8) is 0 Å². The first kappa shape index (κ1) is 11.7. The highest BCUT2D eigenvalue weighted by atomic mass is 16.3. The topological polar surface area (TPSA) is 50.1 Å². The van der Waals surface area contributed by atoms with Gasteiger partial charge in [0.05, 0.1) is 11.9 Å². The predicted octanol–water partition coefficient (Wildman–Crippen LogP) is 1.90. The Labute approximate surface area is 101 Å². The molecule has 0 aliphatic carbocycles. The summed E-state index contributed by atoms with van der Waals surface area (Å²) in [5.74, 6) is 0.675. The normalized spacial score (nSPS) is 12.6. The van der Waals surface area contributed by atoms with Crippen molar-refractivity contribution in [2.45, 2.75) is 12.8 Å². The van der Waals surface area contributed by atoms with E-state index in [0.717, 1.165) is 12.2 Å². The van der Waals surface area contributed by atoms with Gasteiger partial charge < -0.3 is 10.4 Å². The zero-order valence-electron chi connectivity index (χ0n) is 10.1. The van der Waals surface area contributed by atoms with E-state index in [1.165, 1.54) is 5.56 Å². The number of phenols is 1. The zero-order valence-corrected chi connectivity index (χ0v) is 10.1. The minimum atomic E-state index is 0.253. The van der Waals surface area contributed by atoms with Crippen LogP contribution in [0.1, 0.15) is 18.4 Å². The summed E-state index contributed by atoms with van der Waals surface area (Å²) in [7, 11) is 1.94. The predicted molar refractivity (Wildman–Crippen MR) is 67.6 cm³/mol. The summed E-state index contributed by atoms with van der Waals surface area (Å²) in [5.41, 5.74) is 2.05. The lowest BCUT2D eigenvalue weighted by atomic mass is 10.1. The van der Waals surface area contributed by atoms with Crippen LogP contribution in [0.25, 0.3) is 5.69 Å². The molecule has 0 bridgehead atoms. The van der Waals surface area contributed by atoms with Crippen LogP contribution in [0, 0.1) is 0 Å². The largest absolute Gasteiger partial charge is 0.508 e. The number of rotatable bonds is 4. The Hall–Kier alpha value is -1.81. The number of phenolic OH excluding ortho intramolecular Hbond substituents is 1. The summed E-state index contributed by atoms with van der Waals surface area (Å²) in [6.45, 7) is 3.08. The number of likely N-dealkylation sites (N-methyl/N-ethyl adjacent to an activating group) is 1. The Kier molecular flexibility index (Phi) is 3.44. The quantitative estimate of drug-likeness (QED) is 0.845. The molecule has 4 nitrogen and oxygen atoms in total. The van der Waals surface area contributed by atoms with E-state index in [0.29, 0.717) is 5.92 Å². The van der Waals surface area contributed by atoms with Gasteiger partial charge in [0.2, 0.25) is 0 Å². The maximum Gasteiger partial charge on any atom is 0.117 e. The van der Waals surface area contributed by atoms with E-state index >= 15 is 0 Å². The Morgan fingerprint density at radius 1 is 1.47 bits per heavy atom. The summed E-state index contributed by atoms with van der Waals surface area (Å²) in [6, 6.07) is 7.07. The molecule has 1 aromatic heterocycles. The van der Waals surface area contributed by atoms with E-state index in [9.17, 15) is 5.11 Å². The number of hydrogen-bond acceptors (Lipinski definition) is 3. The first-order chi connectivity index (χ1) is 8.20. The molecule has 2 N–H and O–H groups in total. The van der Waals surface area contributed by atoms with E-state index in [2.05, 4.69) is 17.3 Å². The van der Waals surface area contributed by atoms with Gasteiger partial charge in [-0.3, -0.25) is 0 Å². The lowest BCUT2D eigenvalue weighted by molar-refractivity contribution is 0.475. The maximum atomic E-state index is 9.42. The van der Waals surface area contributed by atoms with Gasteiger partial charge in [0, 0.05) is 18.8 Å². The third-order valence-electron chi connectivity index (χ3n) is 2.78. The highest BCUT2D eigenvalue weighted by Crippen LogP contribution is 2.18. The van der Waals surface area contributed by atoms with Crippen LogP contribution in [0.2, 0.25) is 0 Å². The van der Waals surface area contributed by atoms with Gasteiger partial charge in [0.25, 0.3) is 0 Å². The highest BCUT2D eigenvalue weighted by molar-refractivity contribution is 5.38. The van der Waals surface area contributed by atoms with Crippen molar-refractivity contribution in [1.29, 1.82) is 0 Å². The maximum absolute atomic E-state index is 9.42. The van der Waals surface area contributed by atoms with E-state index < -0.39 is 0 Å². The fourth-order valence-electron chi connectivity index (χ4n) is 1.79. The van der Waals surface area contributed by atoms with Crippen LogP contribution < -0.4 is 5.32 Å². The zero-order chi connectivity index (χ0) is 12.3. The first-order valence-corrected chi connectivity index (χ1v) is 5.69. The molecule has 0 spiro atoms. The molecule has 0 saturated carbocycles. The van der Waals surface area contributed by atoms with Crippen LogP contribution in [0.5, 0.6) is 5.75 Å². The van der Waals surface area contributed by atoms with Crippen molar-refractivity contribution in [2.75, 3.05) is 13.6 Å². The molecule has 2 rings (SSSR count). The van der Waals surface area contributed by atoms with Crippen LogP contribution >= 0.6 is 0 Å². The SMILES string of the molecule is CNCC(C)c1cnn(-c2cccc(O)c2)c1. The number of nitrogens with one attached hydrogen (secondary N) is 1. The number of aromatic nitrogens is 2. The van der Waals surface area contributed by atoms with E-state index in [1.807, 2.05) is 31.6 Å². The average molecular weight is 231 g/mol. The van der Waals surface area contributed by atoms with Crippen molar-refractivity contribution in [3.8, 4) is 11.4 Å². The van der Waals surface area contributed by atoms with Gasteiger partial charge in [0.15, 0.2) is 0 Å². The highest BCUT2D eigenvalue weighted by Gasteiger charge is 2.08. The Morgan fingerprint density at radius 2 is 2.29 bits per heavy atom. The van der Waals surface area contributed by atoms with Crippen LogP contribution in [0.4, 0.5) is 0 Å². The van der Waals surface area contributed by atoms with Gasteiger partial charge in [-0.25, -0.2) is 4.68 Å². The number of hydrogen-bond donors (Lipinski definition) is 2. The van der Waals surface area contributed by atoms with Crippen molar-refractivity contribution < 1.29 is 5.11 Å². The van der Waals surface area contributed by atoms with Crippen LogP contribution in [0.3, 0.4) is 0 Å². The number of nitrogens with zero attached hydrogens (tertiary/aromatic N) is 2. The molecule has 90 valence electrons. The minimum absolute atomic E-state index is 0.253. The molecule has 0 saturated heterocycles. The van der Waals surface area contributed by atoms with Crippen molar-refractivity contribution in [1.82, 2.24) is 15.1 Å². The summed E-state index contributed by atoms with van der Waals surface area (Å²) in [4.78, 5) is 0. The van der Waals surface area contributed by atoms with E-state index in [1.54, 1.807) is 16.8 Å². The molecule has 1 atom stereocenters. The van der Waals surface area contributed by atoms with Crippen molar-refractivity contribution >= 4 is 0 Å². The molecule has 1 unspecified atom stereocenters. The smallest absolute Gasteiger partial charge is 0.117 e. The van der Waals surface area contributed by atoms with Gasteiger partial charge in [-0.1, -0.05) is 13.0 Å². The third-order valence-corrected chi connectivity index (χ3v) is 2.78. The molecular formula is C13H17N3O. The third kappa shape index (κ3) is 2.65. The molecule has 0 fully saturated rings. The average Bonchev–Trinajstić information content (AvgIpc) is 2.78. The molecular weight excluding hydrogens is 214 g/mol. The van der Waals surface area contributed by atoms with Gasteiger partial charge in [-0.2, -0.15) is 5.10 Å². The summed E-state index contributed by atoms with van der Waals surface area (Å²) in [5, 5.41) is 16.9. The van der Waals surface area contributed by atoms with Gasteiger partial charge >= 0.3 is 0 Å². The summed E-state index contributed by atoms with van der Waals surface area (Å²) < 4.78 is 1.78. The van der Waals surface area contributed by atoms with Gasteiger partial charge in [-0.15, -0.1) is 0 Å². The molecule has 0 amide bonds. The van der Waals surface area contributed by atoms with Gasteiger partial charge in [-0.05, 0) is 30.7 Å². The second-order valence-corrected chi connectivity index (χ2v) is 4.20. The Balaban J connectivity index is 2.23. The monoisotopic (exact) mass is 231 g/mol. The molecule has 0 radical (unpaired) electrons. The standard InChI is InChI=1S/C13H17N3O/c1-10(7-14-2)11-8-15-16(9-11)12-4-3-5-13(17)6-12/h3-6,8-10,14,17H,7H2,1-2H3. The molecule has 17 heavy (non-hydrogen) atoms. The van der Waals surface area contributed by atoms with Crippen molar-refractivity contribution in [2.24, 2.45) is 0 Å². The number of benzene rings is 1. The summed E-state index contributed by atoms with van der Waals surface area (Å²) >= 11 is 0. The van der Waals surface area contributed by atoms with E-state index in [-0.39, 0.29) is 5.75 Å². The van der Waals surface area contributed by atoms with Crippen LogP contribution in [-0.2, 0) is 0 Å². The fraction of sp³-hybridized carbons (Fsp3) is 0.308. The molecule has 2 aromatic rings. The second-order valence-electron chi connectivity index (χ2n) is 4.20. The lowest BCUT2D eigenvalue weighted by Crippen LogP contribution is -2.14. The molecule has 0 aliphatic rings. The number of aromatic hydroxyl groups is 1. The fourth-order valence-corrected chi connectivity index (χ4v) is 1.79. The molecule has 4 heteroatoms. The van der Waals surface area contributed by atoms with Gasteiger partial charge in [0.1, 0.15) is 5.75 Å². The first-order valence-electron chi connectivity index (χ1n) is 5.69. The van der Waals surface area contributed by atoms with Crippen LogP contribution in [0.15, 0.2) is 36.7 Å². The second kappa shape index (κ2) is 5.01. The molecule has 1 heterocycles. The minimum Gasteiger partial charge on any atom is -0.508 e. The lowest BCUT2D eigenvalue weighted by Gasteiger charge is -2.07. The van der Waals surface area contributed by atoms with E-state index in [4.69, 9.17) is 0 Å². The molecule has 0 aliphatic heterocycles. The van der Waals surface area contributed by atoms with Crippen molar-refractivity contribution in [3.05, 3.63) is 42.2 Å². The van der Waals surface area contributed by atoms with Crippen LogP contribution in [-0.4, -0.2) is 28.5 Å². The Bertz CT molecular complexity index is 493. The summed E-state index contributed by atoms with van der Waals surface area (Å²) in [6.07, 6.45) is 3.86. The Morgan fingerprint density at radius 3 is 3.00 bits per heavy atom.